The van der Waals surface area contributed by atoms with Crippen LogP contribution in [0.4, 0.5) is 0 Å². The maximum Gasteiger partial charge on any atom is 0.303 e. The second kappa shape index (κ2) is 6.71. The van der Waals surface area contributed by atoms with E-state index in [0.717, 1.165) is 4.31 Å². The van der Waals surface area contributed by atoms with Crippen molar-refractivity contribution in [3.63, 3.8) is 0 Å². The minimum Gasteiger partial charge on any atom is -0.481 e. The van der Waals surface area contributed by atoms with Crippen molar-refractivity contribution in [1.82, 2.24) is 9.62 Å². The molecule has 9 heteroatoms. The monoisotopic (exact) mass is 382 g/mol. The molecule has 1 aliphatic heterocycles. The summed E-state index contributed by atoms with van der Waals surface area (Å²) >= 11 is 0. The average molecular weight is 382 g/mol. The first-order chi connectivity index (χ1) is 11.9. The van der Waals surface area contributed by atoms with Crippen LogP contribution in [0.1, 0.15) is 61.3 Å². The van der Waals surface area contributed by atoms with Gasteiger partial charge in [-0.25, -0.2) is 12.7 Å². The molecule has 0 bridgehead atoms. The topological polar surface area (TPSA) is 121 Å². The first-order valence-electron chi connectivity index (χ1n) is 8.14. The molecule has 0 saturated heterocycles. The highest BCUT2D eigenvalue weighted by Gasteiger charge is 2.43. The Bertz CT molecular complexity index is 873. The Labute approximate surface area is 152 Å². The number of hydrogen-bond acceptors (Lipinski definition) is 5. The fourth-order valence-electron chi connectivity index (χ4n) is 2.76. The molecule has 26 heavy (non-hydrogen) atoms. The number of nitrogens with one attached hydrogen (secondary N) is 1. The summed E-state index contributed by atoms with van der Waals surface area (Å²) in [6, 6.07) is 3.37. The molecule has 0 atom stereocenters. The van der Waals surface area contributed by atoms with Crippen molar-refractivity contribution in [3.05, 3.63) is 29.3 Å². The van der Waals surface area contributed by atoms with Gasteiger partial charge < -0.3 is 10.4 Å². The van der Waals surface area contributed by atoms with Gasteiger partial charge in [0.25, 0.3) is 21.8 Å². The van der Waals surface area contributed by atoms with Gasteiger partial charge in [0.2, 0.25) is 0 Å². The molecule has 0 saturated carbocycles. The molecule has 2 rings (SSSR count). The van der Waals surface area contributed by atoms with E-state index in [1.165, 1.54) is 18.2 Å². The van der Waals surface area contributed by atoms with Crippen LogP contribution in [0.2, 0.25) is 0 Å². The molecule has 1 heterocycles. The van der Waals surface area contributed by atoms with E-state index in [-0.39, 0.29) is 28.9 Å². The Kier molecular flexibility index (Phi) is 5.14. The normalized spacial score (nSPS) is 15.9. The largest absolute Gasteiger partial charge is 0.481 e. The van der Waals surface area contributed by atoms with Gasteiger partial charge in [-0.3, -0.25) is 14.4 Å². The first-order valence-corrected chi connectivity index (χ1v) is 9.58. The number of benzene rings is 1. The van der Waals surface area contributed by atoms with E-state index in [1.54, 1.807) is 27.7 Å². The van der Waals surface area contributed by atoms with E-state index in [9.17, 15) is 22.8 Å². The quantitative estimate of drug-likeness (QED) is 0.771. The number of nitrogens with zero attached hydrogens (tertiary/aromatic N) is 1. The molecule has 1 aromatic rings. The zero-order valence-electron chi connectivity index (χ0n) is 15.1. The van der Waals surface area contributed by atoms with Crippen molar-refractivity contribution in [2.24, 2.45) is 0 Å². The van der Waals surface area contributed by atoms with Crippen LogP contribution in [0, 0.1) is 0 Å². The molecular formula is C17H22N2O6S. The Morgan fingerprint density at radius 2 is 1.88 bits per heavy atom. The second-order valence-corrected chi connectivity index (χ2v) is 8.93. The number of sulfonamides is 1. The summed E-state index contributed by atoms with van der Waals surface area (Å²) in [5.41, 5.74) is -0.651. The number of carbonyl (C=O) groups is 3. The summed E-state index contributed by atoms with van der Waals surface area (Å²) in [4.78, 5) is 35.3. The molecule has 8 nitrogen and oxygen atoms in total. The number of carboxylic acids is 1. The standard InChI is InChI=1S/C17H22N2O6S/c1-10(2)19-16(23)12-6-5-11(9-13(12)26(19,24)25)15(22)18-17(3,4)8-7-14(20)21/h5-6,9-10H,7-8H2,1-4H3,(H,18,22)(H,20,21). The number of amides is 2. The Morgan fingerprint density at radius 3 is 2.42 bits per heavy atom. The molecule has 0 fully saturated rings. The van der Waals surface area contributed by atoms with Crippen LogP contribution in [-0.4, -0.2) is 47.2 Å². The van der Waals surface area contributed by atoms with Crippen molar-refractivity contribution in [2.45, 2.75) is 57.0 Å². The van der Waals surface area contributed by atoms with E-state index >= 15 is 0 Å². The van der Waals surface area contributed by atoms with Crippen LogP contribution in [0.25, 0.3) is 0 Å². The van der Waals surface area contributed by atoms with Crippen molar-refractivity contribution < 1.29 is 27.9 Å². The van der Waals surface area contributed by atoms with Gasteiger partial charge in [-0.05, 0) is 52.3 Å². The summed E-state index contributed by atoms with van der Waals surface area (Å²) in [6.45, 7) is 6.56. The summed E-state index contributed by atoms with van der Waals surface area (Å²) in [5, 5.41) is 11.5. The number of fused-ring (bicyclic) bond motifs is 1. The molecule has 0 spiro atoms. The van der Waals surface area contributed by atoms with E-state index in [1.807, 2.05) is 0 Å². The molecule has 0 aliphatic carbocycles. The SMILES string of the molecule is CC(C)N1C(=O)c2ccc(C(=O)NC(C)(C)CCC(=O)O)cc2S1(=O)=O. The highest BCUT2D eigenvalue weighted by Crippen LogP contribution is 2.32. The fourth-order valence-corrected chi connectivity index (χ4v) is 4.55. The second-order valence-electron chi connectivity index (χ2n) is 7.14. The van der Waals surface area contributed by atoms with Crippen LogP contribution >= 0.6 is 0 Å². The Hall–Kier alpha value is -2.42. The van der Waals surface area contributed by atoms with E-state index in [0.29, 0.717) is 0 Å². The molecular weight excluding hydrogens is 360 g/mol. The van der Waals surface area contributed by atoms with Crippen molar-refractivity contribution in [1.29, 1.82) is 0 Å². The van der Waals surface area contributed by atoms with Gasteiger partial charge in [-0.1, -0.05) is 0 Å². The van der Waals surface area contributed by atoms with Crippen LogP contribution < -0.4 is 5.32 Å². The minimum atomic E-state index is -3.99. The zero-order chi connectivity index (χ0) is 19.9. The minimum absolute atomic E-state index is 0.0420. The fraction of sp³-hybridized carbons (Fsp3) is 0.471. The summed E-state index contributed by atoms with van der Waals surface area (Å²) < 4.78 is 26.0. The third kappa shape index (κ3) is 3.72. The number of hydrogen-bond donors (Lipinski definition) is 2. The molecule has 1 aliphatic rings. The highest BCUT2D eigenvalue weighted by molar-refractivity contribution is 7.90. The third-order valence-corrected chi connectivity index (χ3v) is 6.09. The summed E-state index contributed by atoms with van der Waals surface area (Å²) in [6.07, 6.45) is 0.112. The van der Waals surface area contributed by atoms with Gasteiger partial charge in [-0.2, -0.15) is 0 Å². The number of carboxylic acid groups (broad SMARTS) is 1. The van der Waals surface area contributed by atoms with Crippen molar-refractivity contribution in [2.75, 3.05) is 0 Å². The predicted octanol–water partition coefficient (Wildman–Crippen LogP) is 1.61. The molecule has 2 amide bonds. The van der Waals surface area contributed by atoms with Gasteiger partial charge in [0.1, 0.15) is 4.90 Å². The lowest BCUT2D eigenvalue weighted by Gasteiger charge is -2.25. The van der Waals surface area contributed by atoms with Crippen LogP contribution in [0.15, 0.2) is 23.1 Å². The third-order valence-electron chi connectivity index (χ3n) is 4.10. The number of rotatable bonds is 6. The maximum atomic E-state index is 12.6. The lowest BCUT2D eigenvalue weighted by Crippen LogP contribution is -2.43. The van der Waals surface area contributed by atoms with Crippen molar-refractivity contribution in [3.8, 4) is 0 Å². The van der Waals surface area contributed by atoms with Crippen molar-refractivity contribution >= 4 is 27.8 Å². The van der Waals surface area contributed by atoms with Gasteiger partial charge in [-0.15, -0.1) is 0 Å². The van der Waals surface area contributed by atoms with Gasteiger partial charge in [0.05, 0.1) is 5.56 Å². The molecule has 0 unspecified atom stereocenters. The van der Waals surface area contributed by atoms with Gasteiger partial charge in [0.15, 0.2) is 0 Å². The number of carbonyl (C=O) groups excluding carboxylic acids is 2. The molecule has 0 aromatic heterocycles. The Balaban J connectivity index is 2.30. The highest BCUT2D eigenvalue weighted by atomic mass is 32.2. The Morgan fingerprint density at radius 1 is 1.27 bits per heavy atom. The van der Waals surface area contributed by atoms with Crippen LogP contribution in [0.3, 0.4) is 0 Å². The van der Waals surface area contributed by atoms with Gasteiger partial charge in [0, 0.05) is 23.6 Å². The molecule has 1 aromatic carbocycles. The van der Waals surface area contributed by atoms with Gasteiger partial charge >= 0.3 is 5.97 Å². The zero-order valence-corrected chi connectivity index (χ0v) is 15.9. The van der Waals surface area contributed by atoms with E-state index < -0.39 is 39.4 Å². The molecule has 142 valence electrons. The van der Waals surface area contributed by atoms with E-state index in [4.69, 9.17) is 5.11 Å². The lowest BCUT2D eigenvalue weighted by molar-refractivity contribution is -0.137. The predicted molar refractivity (Wildman–Crippen MR) is 93.3 cm³/mol. The van der Waals surface area contributed by atoms with E-state index in [2.05, 4.69) is 5.32 Å². The molecule has 2 N–H and O–H groups in total. The molecule has 0 radical (unpaired) electrons. The average Bonchev–Trinajstić information content (AvgIpc) is 2.71. The summed E-state index contributed by atoms with van der Waals surface area (Å²) in [7, 11) is -3.99. The maximum absolute atomic E-state index is 12.6. The summed E-state index contributed by atoms with van der Waals surface area (Å²) in [5.74, 6) is -2.11. The lowest BCUT2D eigenvalue weighted by atomic mass is 9.97. The van der Waals surface area contributed by atoms with Crippen LogP contribution in [-0.2, 0) is 14.8 Å². The first kappa shape index (κ1) is 19.9. The van der Waals surface area contributed by atoms with Crippen LogP contribution in [0.5, 0.6) is 0 Å². The smallest absolute Gasteiger partial charge is 0.303 e. The number of aliphatic carboxylic acids is 1.